The Morgan fingerprint density at radius 2 is 0.612 bits per heavy atom. The van der Waals surface area contributed by atoms with Crippen molar-refractivity contribution in [2.45, 2.75) is 335 Å². The normalized spacial score (nSPS) is 10.7. The van der Waals surface area contributed by atoms with Crippen LogP contribution in [0.3, 0.4) is 0 Å². The van der Waals surface area contributed by atoms with Crippen LogP contribution in [0.1, 0.15) is 320 Å². The predicted molar refractivity (Wildman–Crippen MR) is 363 cm³/mol. The van der Waals surface area contributed by atoms with Crippen LogP contribution in [0.2, 0.25) is 0 Å². The molecule has 0 spiro atoms. The van der Waals surface area contributed by atoms with Crippen molar-refractivity contribution in [2.75, 3.05) is 26.4 Å². The quantitative estimate of drug-likeness (QED) is 0.00687. The van der Waals surface area contributed by atoms with E-state index in [0.717, 1.165) is 154 Å². The van der Waals surface area contributed by atoms with Crippen LogP contribution < -0.4 is 12.4 Å². The van der Waals surface area contributed by atoms with Crippen LogP contribution in [0.15, 0.2) is 57.2 Å². The maximum absolute atomic E-state index is 10.7. The molecule has 0 fully saturated rings. The molecule has 0 radical (unpaired) electrons. The summed E-state index contributed by atoms with van der Waals surface area (Å²) in [5.74, 6) is -1.41. The van der Waals surface area contributed by atoms with Gasteiger partial charge in [0.05, 0.1) is 18.3 Å². The van der Waals surface area contributed by atoms with Crippen LogP contribution in [-0.4, -0.2) is 138 Å². The molecule has 15 heteroatoms. The summed E-state index contributed by atoms with van der Waals surface area (Å²) in [5.41, 5.74) is 0. The van der Waals surface area contributed by atoms with Crippen molar-refractivity contribution in [3.63, 3.8) is 0 Å². The molecule has 13 nitrogen and oxygen atoms in total. The molecule has 508 valence electrons. The van der Waals surface area contributed by atoms with E-state index in [0.29, 0.717) is 39.3 Å². The van der Waals surface area contributed by atoms with E-state index in [1.165, 1.54) is 128 Å². The Hall–Kier alpha value is -2.24. The van der Waals surface area contributed by atoms with Crippen LogP contribution in [0.5, 0.6) is 0 Å². The number of carbonyl (C=O) groups excluding carboxylic acids is 2. The molecule has 0 saturated carbocycles. The van der Waals surface area contributed by atoms with E-state index in [9.17, 15) is 19.2 Å². The summed E-state index contributed by atoms with van der Waals surface area (Å²) in [6.07, 6.45) is 53.3. The molecule has 85 heavy (non-hydrogen) atoms. The van der Waals surface area contributed by atoms with Gasteiger partial charge in [0.15, 0.2) is 5.78 Å². The number of ketones is 1. The van der Waals surface area contributed by atoms with Gasteiger partial charge in [-0.05, 0) is 76.7 Å². The monoisotopic (exact) mass is 1250 g/mol. The Labute approximate surface area is 550 Å². The summed E-state index contributed by atoms with van der Waals surface area (Å²) in [6, 6.07) is 0. The van der Waals surface area contributed by atoms with E-state index in [2.05, 4.69) is 60.2 Å². The Morgan fingerprint density at radius 1 is 0.400 bits per heavy atom. The Balaban J connectivity index is -0.0000000744. The zero-order valence-corrected chi connectivity index (χ0v) is 56.8. The minimum absolute atomic E-state index is 0. The molecule has 0 aliphatic carbocycles. The van der Waals surface area contributed by atoms with Gasteiger partial charge in [0.1, 0.15) is 6.29 Å². The number of aldehydes is 1. The third-order valence-electron chi connectivity index (χ3n) is 12.8. The molecular formula is C70H141ClMgO13. The molecule has 0 bridgehead atoms. The standard InChI is InChI=1S/C11H22O.C10H18O3.C10H16O3.C10H20O2.C9H20O.C9H18O.C8H18O2.C2H3.CH4.ClH.Mg.H2/c1-3-5-6-7-8-9-10-11(12)4-2;2*1-2-9(11)7-5-3-4-6-8-10(12)13;1-2-10(12)8-6-4-3-5-7-9-11;2*1-2-3-4-5-6-7-8-9-10;9-7-5-3-1-2-4-6-8-10;1-2;;;;/h4,11-12H,2-3,5-10H2,1H3;2,9,11H,1,3-8H2,(H,12,13);2H,1,3-8H2,(H,12,13);2,10-12H,1,3-9H2;10H,2-9H2,1H3;9H,2-8H2,1H3;9-10H,1-8H2;1H,2H2;1H4;1H;;1H/q;;;;;;;-1;;;+2;/p-1/i;;;;;;;;;;;1+1D. The van der Waals surface area contributed by atoms with Crippen molar-refractivity contribution in [3.05, 3.63) is 63.8 Å². The van der Waals surface area contributed by atoms with Gasteiger partial charge in [-0.15, -0.1) is 19.7 Å². The van der Waals surface area contributed by atoms with Crippen molar-refractivity contribution in [1.29, 1.82) is 0 Å². The summed E-state index contributed by atoms with van der Waals surface area (Å²) >= 11 is 0. The van der Waals surface area contributed by atoms with Crippen molar-refractivity contribution >= 4 is 47.1 Å². The molecular weight excluding hydrogens is 1110 g/mol. The van der Waals surface area contributed by atoms with Gasteiger partial charge >= 0.3 is 35.0 Å². The summed E-state index contributed by atoms with van der Waals surface area (Å²) in [7, 11) is 0. The molecule has 0 aromatic heterocycles. The third-order valence-corrected chi connectivity index (χ3v) is 12.8. The number of rotatable bonds is 53. The summed E-state index contributed by atoms with van der Waals surface area (Å²) in [6.45, 7) is 28.9. The topological polar surface area (TPSA) is 250 Å². The second-order valence-electron chi connectivity index (χ2n) is 20.7. The fourth-order valence-corrected chi connectivity index (χ4v) is 7.50. The summed E-state index contributed by atoms with van der Waals surface area (Å²) < 4.78 is 10.0. The number of carboxylic acids is 2. The van der Waals surface area contributed by atoms with E-state index in [4.69, 9.17) is 48.9 Å². The third kappa shape index (κ3) is 141. The van der Waals surface area contributed by atoms with E-state index < -0.39 is 18.0 Å². The zero-order valence-electron chi connectivity index (χ0n) is 56.6. The van der Waals surface area contributed by atoms with E-state index in [-0.39, 0.29) is 73.7 Å². The van der Waals surface area contributed by atoms with Gasteiger partial charge in [-0.25, -0.2) is 0 Å². The molecule has 3 atom stereocenters. The largest absolute Gasteiger partial charge is 2.00 e. The number of unbranched alkanes of at least 4 members (excludes halogenated alkanes) is 32. The first-order chi connectivity index (χ1) is 40.7. The molecule has 0 aliphatic rings. The van der Waals surface area contributed by atoms with Crippen LogP contribution in [-0.2, 0) is 19.2 Å². The number of halogens is 1. The second kappa shape index (κ2) is 110. The number of hydrogen-bond acceptors (Lipinski definition) is 11. The number of carboxylic acid groups (broad SMARTS) is 2. The molecule has 0 amide bonds. The molecule has 0 heterocycles. The summed E-state index contributed by atoms with van der Waals surface area (Å²) in [5, 5.41) is 77.8. The molecule has 0 aromatic rings. The van der Waals surface area contributed by atoms with Gasteiger partial charge in [0.2, 0.25) is 0 Å². The first-order valence-electron chi connectivity index (χ1n) is 33.5. The number of carbonyl (C=O) groups is 4. The minimum Gasteiger partial charge on any atom is -1.00 e. The zero-order chi connectivity index (χ0) is 65.6. The van der Waals surface area contributed by atoms with Crippen molar-refractivity contribution < 1.29 is 80.5 Å². The minimum atomic E-state index is -0.748. The molecule has 0 aromatic carbocycles. The van der Waals surface area contributed by atoms with Crippen LogP contribution in [0.4, 0.5) is 0 Å². The second-order valence-corrected chi connectivity index (χ2v) is 20.7. The number of allylic oxidation sites excluding steroid dienone is 1. The molecule has 0 saturated heterocycles. The molecule has 0 rings (SSSR count). The molecule has 0 aliphatic heterocycles. The number of aliphatic hydroxyl groups is 7. The summed E-state index contributed by atoms with van der Waals surface area (Å²) in [4.78, 5) is 40.9. The number of aliphatic hydroxyl groups excluding tert-OH is 7. The average molecular weight is 1250 g/mol. The van der Waals surface area contributed by atoms with Crippen molar-refractivity contribution in [3.8, 4) is 0 Å². The van der Waals surface area contributed by atoms with Crippen molar-refractivity contribution in [1.82, 2.24) is 0 Å². The van der Waals surface area contributed by atoms with Crippen LogP contribution in [0.25, 0.3) is 0 Å². The number of hydrogen-bond donors (Lipinski definition) is 9. The van der Waals surface area contributed by atoms with Gasteiger partial charge < -0.3 is 69.7 Å². The van der Waals surface area contributed by atoms with E-state index in [1.54, 1.807) is 12.2 Å². The first-order valence-corrected chi connectivity index (χ1v) is 32.5. The maximum atomic E-state index is 10.7. The predicted octanol–water partition coefficient (Wildman–Crippen LogP) is 14.4. The first kappa shape index (κ1) is 104. The van der Waals surface area contributed by atoms with E-state index in [1.807, 2.05) is 0 Å². The van der Waals surface area contributed by atoms with Gasteiger partial charge in [-0.3, -0.25) is 21.0 Å². The van der Waals surface area contributed by atoms with Gasteiger partial charge in [0, 0.05) is 55.1 Å². The Bertz CT molecular complexity index is 1200. The Kier molecular flexibility index (Phi) is 135. The molecule has 3 unspecified atom stereocenters. The number of aliphatic carboxylic acids is 2. The SMILES string of the molecule is C.C=CC(=O)CCCCCCC(=O)O.C=CC(O)CCCCCCC(=O)O.C=CC(O)CCCCCCCC.C=CC(O)CCCCCCCO.CCCCCCCCC=O.CCCCCCCCCO.OCCCCCCCCO.[2H][2H].[CH-]=C.[Cl-].[Mg+2]. The maximum Gasteiger partial charge on any atom is 2.00 e. The van der Waals surface area contributed by atoms with Crippen LogP contribution >= 0.6 is 0 Å². The average Bonchev–Trinajstić information content (AvgIpc) is 3.50. The Morgan fingerprint density at radius 3 is 0.824 bits per heavy atom. The van der Waals surface area contributed by atoms with Gasteiger partial charge in [-0.1, -0.05) is 246 Å². The molecule has 9 N–H and O–H groups in total. The van der Waals surface area contributed by atoms with Crippen LogP contribution in [0, 0.1) is 6.58 Å². The fraction of sp³-hybridized carbons (Fsp3) is 0.800. The van der Waals surface area contributed by atoms with E-state index >= 15 is 0 Å². The smallest absolute Gasteiger partial charge is 1.00 e. The fourth-order valence-electron chi connectivity index (χ4n) is 7.50. The van der Waals surface area contributed by atoms with Gasteiger partial charge in [-0.2, -0.15) is 0 Å². The van der Waals surface area contributed by atoms with Crippen molar-refractivity contribution in [2.24, 2.45) is 0 Å². The van der Waals surface area contributed by atoms with Gasteiger partial charge in [0.25, 0.3) is 0 Å².